The van der Waals surface area contributed by atoms with E-state index in [-0.39, 0.29) is 5.91 Å². The van der Waals surface area contributed by atoms with Gasteiger partial charge in [-0.1, -0.05) is 42.5 Å². The molecule has 0 saturated heterocycles. The molecule has 2 aromatic carbocycles. The van der Waals surface area contributed by atoms with Crippen LogP contribution in [0.1, 0.15) is 11.1 Å². The van der Waals surface area contributed by atoms with Crippen molar-refractivity contribution in [2.75, 3.05) is 14.1 Å². The topological polar surface area (TPSA) is 29.5 Å². The monoisotopic (exact) mass is 269 g/mol. The largest absolute Gasteiger partial charge is 0.489 e. The van der Waals surface area contributed by atoms with Gasteiger partial charge in [-0.15, -0.1) is 0 Å². The third-order valence-corrected chi connectivity index (χ3v) is 3.03. The number of nitrogens with zero attached hydrogens (tertiary/aromatic N) is 1. The second-order valence-electron chi connectivity index (χ2n) is 4.88. The van der Waals surface area contributed by atoms with E-state index in [9.17, 15) is 4.79 Å². The molecule has 0 heterocycles. The summed E-state index contributed by atoms with van der Waals surface area (Å²) in [6, 6.07) is 17.7. The van der Waals surface area contributed by atoms with E-state index in [0.717, 1.165) is 16.9 Å². The first kappa shape index (κ1) is 14.1. The highest BCUT2D eigenvalue weighted by Gasteiger charge is 2.05. The summed E-state index contributed by atoms with van der Waals surface area (Å²) >= 11 is 0. The highest BCUT2D eigenvalue weighted by atomic mass is 16.5. The molecule has 0 aliphatic heterocycles. The maximum Gasteiger partial charge on any atom is 0.226 e. The Hall–Kier alpha value is -2.29. The standard InChI is InChI=1S/C17H19NO2/c1-18(2)17(19)12-14-8-10-16(11-9-14)20-13-15-6-4-3-5-7-15/h3-11H,12-13H2,1-2H3. The molecule has 0 spiro atoms. The molecule has 0 aromatic heterocycles. The van der Waals surface area contributed by atoms with Gasteiger partial charge in [0.2, 0.25) is 5.91 Å². The lowest BCUT2D eigenvalue weighted by atomic mass is 10.1. The molecule has 0 N–H and O–H groups in total. The van der Waals surface area contributed by atoms with Crippen LogP contribution in [-0.4, -0.2) is 24.9 Å². The third kappa shape index (κ3) is 4.12. The van der Waals surface area contributed by atoms with Gasteiger partial charge >= 0.3 is 0 Å². The normalized spacial score (nSPS) is 10.1. The first-order valence-electron chi connectivity index (χ1n) is 6.61. The van der Waals surface area contributed by atoms with Crippen LogP contribution in [0.4, 0.5) is 0 Å². The van der Waals surface area contributed by atoms with Gasteiger partial charge in [0.15, 0.2) is 0 Å². The third-order valence-electron chi connectivity index (χ3n) is 3.03. The molecule has 0 unspecified atom stereocenters. The highest BCUT2D eigenvalue weighted by Crippen LogP contribution is 2.14. The second-order valence-corrected chi connectivity index (χ2v) is 4.88. The molecule has 0 aliphatic rings. The highest BCUT2D eigenvalue weighted by molar-refractivity contribution is 5.78. The van der Waals surface area contributed by atoms with Crippen molar-refractivity contribution in [1.29, 1.82) is 0 Å². The maximum atomic E-state index is 11.6. The number of benzene rings is 2. The summed E-state index contributed by atoms with van der Waals surface area (Å²) < 4.78 is 5.70. The van der Waals surface area contributed by atoms with E-state index in [4.69, 9.17) is 4.74 Å². The molecule has 0 atom stereocenters. The zero-order chi connectivity index (χ0) is 14.4. The van der Waals surface area contributed by atoms with Crippen LogP contribution in [0.15, 0.2) is 54.6 Å². The van der Waals surface area contributed by atoms with Crippen molar-refractivity contribution in [3.63, 3.8) is 0 Å². The Bertz CT molecular complexity index is 547. The number of carbonyl (C=O) groups excluding carboxylic acids is 1. The van der Waals surface area contributed by atoms with Gasteiger partial charge in [0, 0.05) is 14.1 Å². The van der Waals surface area contributed by atoms with Gasteiger partial charge in [-0.05, 0) is 23.3 Å². The smallest absolute Gasteiger partial charge is 0.226 e. The van der Waals surface area contributed by atoms with Crippen molar-refractivity contribution in [3.8, 4) is 5.75 Å². The molecule has 1 amide bonds. The SMILES string of the molecule is CN(C)C(=O)Cc1ccc(OCc2ccccc2)cc1. The van der Waals surface area contributed by atoms with E-state index in [1.807, 2.05) is 54.6 Å². The zero-order valence-corrected chi connectivity index (χ0v) is 11.9. The minimum absolute atomic E-state index is 0.1000. The van der Waals surface area contributed by atoms with Gasteiger partial charge in [-0.2, -0.15) is 0 Å². The number of amides is 1. The second kappa shape index (κ2) is 6.75. The number of ether oxygens (including phenoxy) is 1. The van der Waals surface area contributed by atoms with Crippen LogP contribution < -0.4 is 4.74 Å². The van der Waals surface area contributed by atoms with Gasteiger partial charge in [0.05, 0.1) is 6.42 Å². The van der Waals surface area contributed by atoms with Crippen LogP contribution in [0.5, 0.6) is 5.75 Å². The molecule has 3 nitrogen and oxygen atoms in total. The maximum absolute atomic E-state index is 11.6. The number of rotatable bonds is 5. The van der Waals surface area contributed by atoms with E-state index in [0.29, 0.717) is 13.0 Å². The van der Waals surface area contributed by atoms with E-state index < -0.39 is 0 Å². The average molecular weight is 269 g/mol. The van der Waals surface area contributed by atoms with Gasteiger partial charge in [-0.3, -0.25) is 4.79 Å². The summed E-state index contributed by atoms with van der Waals surface area (Å²) in [5.41, 5.74) is 2.13. The van der Waals surface area contributed by atoms with Crippen LogP contribution in [0.2, 0.25) is 0 Å². The molecule has 20 heavy (non-hydrogen) atoms. The minimum atomic E-state index is 0.1000. The average Bonchev–Trinajstić information content (AvgIpc) is 2.47. The quantitative estimate of drug-likeness (QED) is 0.835. The summed E-state index contributed by atoms with van der Waals surface area (Å²) in [5, 5.41) is 0. The summed E-state index contributed by atoms with van der Waals surface area (Å²) in [4.78, 5) is 13.2. The molecule has 2 aromatic rings. The molecule has 0 bridgehead atoms. The van der Waals surface area contributed by atoms with E-state index in [2.05, 4.69) is 0 Å². The first-order valence-corrected chi connectivity index (χ1v) is 6.61. The molecule has 0 radical (unpaired) electrons. The Morgan fingerprint density at radius 2 is 1.60 bits per heavy atom. The fourth-order valence-electron chi connectivity index (χ4n) is 1.78. The number of hydrogen-bond donors (Lipinski definition) is 0. The lowest BCUT2D eigenvalue weighted by Gasteiger charge is -2.10. The molecule has 0 aliphatic carbocycles. The molecule has 2 rings (SSSR count). The predicted molar refractivity (Wildman–Crippen MR) is 79.6 cm³/mol. The Labute approximate surface area is 119 Å². The summed E-state index contributed by atoms with van der Waals surface area (Å²) in [6.07, 6.45) is 0.423. The van der Waals surface area contributed by atoms with Crippen molar-refractivity contribution in [3.05, 3.63) is 65.7 Å². The molecular formula is C17H19NO2. The lowest BCUT2D eigenvalue weighted by Crippen LogP contribution is -2.23. The fourth-order valence-corrected chi connectivity index (χ4v) is 1.78. The van der Waals surface area contributed by atoms with Crippen molar-refractivity contribution in [2.45, 2.75) is 13.0 Å². The van der Waals surface area contributed by atoms with Crippen LogP contribution in [-0.2, 0) is 17.8 Å². The molecule has 0 fully saturated rings. The van der Waals surface area contributed by atoms with Gasteiger partial charge < -0.3 is 9.64 Å². The van der Waals surface area contributed by atoms with Crippen LogP contribution in [0.3, 0.4) is 0 Å². The van der Waals surface area contributed by atoms with Gasteiger partial charge in [0.25, 0.3) is 0 Å². The molecular weight excluding hydrogens is 250 g/mol. The Kier molecular flexibility index (Phi) is 4.77. The minimum Gasteiger partial charge on any atom is -0.489 e. The Balaban J connectivity index is 1.90. The number of carbonyl (C=O) groups is 1. The van der Waals surface area contributed by atoms with Crippen molar-refractivity contribution < 1.29 is 9.53 Å². The van der Waals surface area contributed by atoms with Crippen molar-refractivity contribution in [1.82, 2.24) is 4.90 Å². The van der Waals surface area contributed by atoms with Crippen LogP contribution >= 0.6 is 0 Å². The Morgan fingerprint density at radius 1 is 0.950 bits per heavy atom. The van der Waals surface area contributed by atoms with Gasteiger partial charge in [-0.25, -0.2) is 0 Å². The molecule has 0 saturated carbocycles. The van der Waals surface area contributed by atoms with E-state index >= 15 is 0 Å². The molecule has 104 valence electrons. The first-order chi connectivity index (χ1) is 9.65. The predicted octanol–water partition coefficient (Wildman–Crippen LogP) is 2.90. The van der Waals surface area contributed by atoms with Crippen molar-refractivity contribution >= 4 is 5.91 Å². The van der Waals surface area contributed by atoms with Crippen LogP contribution in [0, 0.1) is 0 Å². The van der Waals surface area contributed by atoms with Crippen molar-refractivity contribution in [2.24, 2.45) is 0 Å². The summed E-state index contributed by atoms with van der Waals surface area (Å²) in [5.74, 6) is 0.915. The van der Waals surface area contributed by atoms with Crippen LogP contribution in [0.25, 0.3) is 0 Å². The number of likely N-dealkylation sites (N-methyl/N-ethyl adjacent to an activating group) is 1. The zero-order valence-electron chi connectivity index (χ0n) is 11.9. The number of hydrogen-bond acceptors (Lipinski definition) is 2. The van der Waals surface area contributed by atoms with E-state index in [1.165, 1.54) is 0 Å². The van der Waals surface area contributed by atoms with Gasteiger partial charge in [0.1, 0.15) is 12.4 Å². The molecule has 3 heteroatoms. The lowest BCUT2D eigenvalue weighted by molar-refractivity contribution is -0.127. The summed E-state index contributed by atoms with van der Waals surface area (Å²) in [6.45, 7) is 0.552. The van der Waals surface area contributed by atoms with E-state index in [1.54, 1.807) is 19.0 Å². The fraction of sp³-hybridized carbons (Fsp3) is 0.235. The summed E-state index contributed by atoms with van der Waals surface area (Å²) in [7, 11) is 3.53. The Morgan fingerprint density at radius 3 is 2.20 bits per heavy atom.